The topological polar surface area (TPSA) is 117 Å². The number of aliphatic hydroxyl groups excluding tert-OH is 2. The first kappa shape index (κ1) is 20.9. The van der Waals surface area contributed by atoms with Gasteiger partial charge in [0.1, 0.15) is 18.8 Å². The van der Waals surface area contributed by atoms with Crippen LogP contribution in [0.4, 0.5) is 10.5 Å². The molecule has 0 saturated carbocycles. The molecule has 1 aliphatic carbocycles. The summed E-state index contributed by atoms with van der Waals surface area (Å²) in [4.78, 5) is 12.2. The Morgan fingerprint density at radius 1 is 0.968 bits per heavy atom. The van der Waals surface area contributed by atoms with Crippen LogP contribution in [-0.4, -0.2) is 35.6 Å². The third kappa shape index (κ3) is 4.39. The summed E-state index contributed by atoms with van der Waals surface area (Å²) in [6.45, 7) is 0.0286. The fourth-order valence-electron chi connectivity index (χ4n) is 3.98. The van der Waals surface area contributed by atoms with Gasteiger partial charge >= 0.3 is 6.09 Å². The zero-order valence-electron chi connectivity index (χ0n) is 16.9. The molecule has 160 valence electrons. The average molecular weight is 419 g/mol. The maximum absolute atomic E-state index is 12.2. The Balaban J connectivity index is 1.33. The van der Waals surface area contributed by atoms with E-state index < -0.39 is 18.3 Å². The highest BCUT2D eigenvalue weighted by Gasteiger charge is 2.29. The number of hydrogen-bond acceptors (Lipinski definition) is 6. The van der Waals surface area contributed by atoms with Crippen molar-refractivity contribution in [2.75, 3.05) is 18.6 Å². The number of nitrogen functional groups attached to an aromatic ring is 1. The van der Waals surface area contributed by atoms with Gasteiger partial charge in [-0.25, -0.2) is 4.79 Å². The lowest BCUT2D eigenvalue weighted by atomic mass is 9.98. The Kier molecular flexibility index (Phi) is 6.18. The van der Waals surface area contributed by atoms with Gasteiger partial charge in [0.05, 0.1) is 0 Å². The van der Waals surface area contributed by atoms with Crippen molar-refractivity contribution >= 4 is 11.8 Å². The summed E-state index contributed by atoms with van der Waals surface area (Å²) >= 11 is 0. The number of rotatable bonds is 7. The zero-order valence-corrected chi connectivity index (χ0v) is 16.9. The SMILES string of the molecule is NNc1cccc(C(O)C(O)CNC(=O)OCC2c3ccccc3-c3ccccc32)c1. The fraction of sp³-hybridized carbons (Fsp3) is 0.208. The molecule has 4 rings (SSSR count). The molecule has 3 aromatic carbocycles. The molecule has 31 heavy (non-hydrogen) atoms. The molecule has 1 aliphatic rings. The summed E-state index contributed by atoms with van der Waals surface area (Å²) in [5, 5.41) is 23.1. The summed E-state index contributed by atoms with van der Waals surface area (Å²) in [5.74, 6) is 5.33. The van der Waals surface area contributed by atoms with Gasteiger partial charge in [0.2, 0.25) is 0 Å². The van der Waals surface area contributed by atoms with Gasteiger partial charge in [-0.3, -0.25) is 5.84 Å². The number of benzene rings is 3. The lowest BCUT2D eigenvalue weighted by Gasteiger charge is -2.20. The van der Waals surface area contributed by atoms with E-state index in [0.29, 0.717) is 11.3 Å². The van der Waals surface area contributed by atoms with Crippen LogP contribution in [0, 0.1) is 0 Å². The third-order valence-electron chi connectivity index (χ3n) is 5.56. The van der Waals surface area contributed by atoms with E-state index in [1.54, 1.807) is 24.3 Å². The van der Waals surface area contributed by atoms with Crippen molar-refractivity contribution in [1.82, 2.24) is 5.32 Å². The fourth-order valence-corrected chi connectivity index (χ4v) is 3.98. The maximum Gasteiger partial charge on any atom is 0.407 e. The number of aliphatic hydroxyl groups is 2. The minimum absolute atomic E-state index is 0.0415. The lowest BCUT2D eigenvalue weighted by Crippen LogP contribution is -2.36. The third-order valence-corrected chi connectivity index (χ3v) is 5.56. The minimum atomic E-state index is -1.20. The van der Waals surface area contributed by atoms with Gasteiger partial charge in [-0.1, -0.05) is 60.7 Å². The number of anilines is 1. The molecule has 0 bridgehead atoms. The molecule has 2 atom stereocenters. The first-order valence-corrected chi connectivity index (χ1v) is 10.1. The number of carbonyl (C=O) groups excluding carboxylic acids is 1. The van der Waals surface area contributed by atoms with Crippen LogP contribution in [0.1, 0.15) is 28.7 Å². The normalized spacial score (nSPS) is 14.3. The van der Waals surface area contributed by atoms with Crippen LogP contribution in [0.5, 0.6) is 0 Å². The first-order valence-electron chi connectivity index (χ1n) is 10.1. The largest absolute Gasteiger partial charge is 0.449 e. The quantitative estimate of drug-likeness (QED) is 0.297. The predicted molar refractivity (Wildman–Crippen MR) is 118 cm³/mol. The van der Waals surface area contributed by atoms with Crippen molar-refractivity contribution in [3.05, 3.63) is 89.5 Å². The molecule has 0 spiro atoms. The number of alkyl carbamates (subject to hydrolysis) is 1. The van der Waals surface area contributed by atoms with Gasteiger partial charge in [-0.2, -0.15) is 0 Å². The van der Waals surface area contributed by atoms with E-state index >= 15 is 0 Å². The van der Waals surface area contributed by atoms with E-state index in [2.05, 4.69) is 22.9 Å². The number of fused-ring (bicyclic) bond motifs is 3. The Morgan fingerprint density at radius 3 is 2.26 bits per heavy atom. The summed E-state index contributed by atoms with van der Waals surface area (Å²) in [6, 6.07) is 22.9. The molecule has 0 aliphatic heterocycles. The van der Waals surface area contributed by atoms with Gasteiger partial charge in [-0.15, -0.1) is 0 Å². The number of nitrogens with one attached hydrogen (secondary N) is 2. The second-order valence-electron chi connectivity index (χ2n) is 7.49. The van der Waals surface area contributed by atoms with Gasteiger partial charge in [0.25, 0.3) is 0 Å². The van der Waals surface area contributed by atoms with Gasteiger partial charge in [0, 0.05) is 18.2 Å². The van der Waals surface area contributed by atoms with Crippen LogP contribution >= 0.6 is 0 Å². The predicted octanol–water partition coefficient (Wildman–Crippen LogP) is 2.91. The van der Waals surface area contributed by atoms with Crippen LogP contribution in [0.3, 0.4) is 0 Å². The zero-order chi connectivity index (χ0) is 21.8. The Hall–Kier alpha value is -3.39. The highest BCUT2D eigenvalue weighted by Crippen LogP contribution is 2.44. The van der Waals surface area contributed by atoms with E-state index in [1.165, 1.54) is 0 Å². The van der Waals surface area contributed by atoms with Gasteiger partial charge in [0.15, 0.2) is 0 Å². The Morgan fingerprint density at radius 2 is 1.61 bits per heavy atom. The van der Waals surface area contributed by atoms with E-state index in [9.17, 15) is 15.0 Å². The lowest BCUT2D eigenvalue weighted by molar-refractivity contribution is 0.0186. The van der Waals surface area contributed by atoms with Crippen molar-refractivity contribution in [1.29, 1.82) is 0 Å². The van der Waals surface area contributed by atoms with E-state index in [1.807, 2.05) is 36.4 Å². The van der Waals surface area contributed by atoms with Crippen molar-refractivity contribution in [2.45, 2.75) is 18.1 Å². The first-order chi connectivity index (χ1) is 15.1. The molecule has 6 N–H and O–H groups in total. The summed E-state index contributed by atoms with van der Waals surface area (Å²) in [7, 11) is 0. The molecule has 3 aromatic rings. The Labute approximate surface area is 180 Å². The van der Waals surface area contributed by atoms with Crippen LogP contribution in [0.25, 0.3) is 11.1 Å². The highest BCUT2D eigenvalue weighted by molar-refractivity contribution is 5.79. The molecule has 2 unspecified atom stereocenters. The molecule has 7 nitrogen and oxygen atoms in total. The second kappa shape index (κ2) is 9.18. The summed E-state index contributed by atoms with van der Waals surface area (Å²) < 4.78 is 5.44. The molecule has 0 heterocycles. The van der Waals surface area contributed by atoms with Crippen LogP contribution in [-0.2, 0) is 4.74 Å². The standard InChI is InChI=1S/C24H25N3O4/c25-27-16-7-5-6-15(12-16)23(29)22(28)13-26-24(30)31-14-21-19-10-3-1-8-17(19)18-9-2-4-11-20(18)21/h1-12,21-23,27-29H,13-14,25H2,(H,26,30). The molecule has 0 aromatic heterocycles. The summed E-state index contributed by atoms with van der Waals surface area (Å²) in [6.07, 6.45) is -3.03. The average Bonchev–Trinajstić information content (AvgIpc) is 3.14. The molecule has 0 saturated heterocycles. The van der Waals surface area contributed by atoms with E-state index in [-0.39, 0.29) is 19.1 Å². The monoisotopic (exact) mass is 419 g/mol. The molecule has 0 fully saturated rings. The van der Waals surface area contributed by atoms with Crippen molar-refractivity contribution < 1.29 is 19.7 Å². The van der Waals surface area contributed by atoms with E-state index in [4.69, 9.17) is 10.6 Å². The number of amides is 1. The number of ether oxygens (including phenoxy) is 1. The van der Waals surface area contributed by atoms with Crippen molar-refractivity contribution in [3.63, 3.8) is 0 Å². The molecular formula is C24H25N3O4. The second-order valence-corrected chi connectivity index (χ2v) is 7.49. The van der Waals surface area contributed by atoms with Crippen LogP contribution in [0.15, 0.2) is 72.8 Å². The number of carbonyl (C=O) groups is 1. The summed E-state index contributed by atoms with van der Waals surface area (Å²) in [5.41, 5.74) is 8.13. The molecule has 1 amide bonds. The van der Waals surface area contributed by atoms with Crippen LogP contribution < -0.4 is 16.6 Å². The molecular weight excluding hydrogens is 394 g/mol. The van der Waals surface area contributed by atoms with E-state index in [0.717, 1.165) is 22.3 Å². The number of hydrazine groups is 1. The molecule has 0 radical (unpaired) electrons. The van der Waals surface area contributed by atoms with Crippen molar-refractivity contribution in [3.8, 4) is 11.1 Å². The minimum Gasteiger partial charge on any atom is -0.449 e. The molecule has 7 heteroatoms. The Bertz CT molecular complexity index is 1030. The smallest absolute Gasteiger partial charge is 0.407 e. The number of hydrogen-bond donors (Lipinski definition) is 5. The van der Waals surface area contributed by atoms with Gasteiger partial charge in [-0.05, 0) is 39.9 Å². The maximum atomic E-state index is 12.2. The highest BCUT2D eigenvalue weighted by atomic mass is 16.5. The van der Waals surface area contributed by atoms with Gasteiger partial charge < -0.3 is 25.7 Å². The van der Waals surface area contributed by atoms with Crippen molar-refractivity contribution in [2.24, 2.45) is 5.84 Å². The number of nitrogens with two attached hydrogens (primary N) is 1. The van der Waals surface area contributed by atoms with Crippen LogP contribution in [0.2, 0.25) is 0 Å².